The van der Waals surface area contributed by atoms with E-state index in [2.05, 4.69) is 35.8 Å². The molecule has 3 aromatic carbocycles. The van der Waals surface area contributed by atoms with Crippen LogP contribution < -0.4 is 4.74 Å². The van der Waals surface area contributed by atoms with E-state index in [9.17, 15) is 9.18 Å². The van der Waals surface area contributed by atoms with Crippen molar-refractivity contribution in [1.29, 1.82) is 0 Å². The van der Waals surface area contributed by atoms with Crippen LogP contribution in [0.3, 0.4) is 0 Å². The molecular formula is C33H39F2N3O3. The average molecular weight is 564 g/mol. The molecule has 0 saturated carbocycles. The van der Waals surface area contributed by atoms with Crippen LogP contribution in [-0.4, -0.2) is 59.4 Å². The first kappa shape index (κ1) is 29.0. The van der Waals surface area contributed by atoms with Gasteiger partial charge in [-0.05, 0) is 58.9 Å². The van der Waals surface area contributed by atoms with Gasteiger partial charge in [0.1, 0.15) is 24.3 Å². The number of hydrogen-bond donors (Lipinski definition) is 0. The van der Waals surface area contributed by atoms with Gasteiger partial charge in [0, 0.05) is 32.2 Å². The first-order chi connectivity index (χ1) is 19.8. The number of alkyl halides is 1. The number of benzene rings is 3. The molecule has 2 heterocycles. The number of halogens is 2. The van der Waals surface area contributed by atoms with Gasteiger partial charge in [-0.1, -0.05) is 62.4 Å². The summed E-state index contributed by atoms with van der Waals surface area (Å²) in [5.74, 6) is 1.01. The Hall–Kier alpha value is -3.49. The monoisotopic (exact) mass is 563 g/mol. The fourth-order valence-corrected chi connectivity index (χ4v) is 5.53. The molecule has 2 aliphatic heterocycles. The molecule has 218 valence electrons. The molecule has 0 aliphatic carbocycles. The molecule has 1 amide bonds. The van der Waals surface area contributed by atoms with Gasteiger partial charge in [0.2, 0.25) is 0 Å². The van der Waals surface area contributed by atoms with Gasteiger partial charge < -0.3 is 14.4 Å². The van der Waals surface area contributed by atoms with Crippen LogP contribution in [0.5, 0.6) is 5.75 Å². The fraction of sp³-hybridized carbons (Fsp3) is 0.424. The summed E-state index contributed by atoms with van der Waals surface area (Å²) in [5, 5.41) is 0. The Bertz CT molecular complexity index is 1290. The Labute approximate surface area is 241 Å². The second kappa shape index (κ2) is 13.4. The van der Waals surface area contributed by atoms with Crippen LogP contribution in [0.1, 0.15) is 42.5 Å². The predicted molar refractivity (Wildman–Crippen MR) is 154 cm³/mol. The van der Waals surface area contributed by atoms with Gasteiger partial charge in [0.05, 0.1) is 19.8 Å². The molecule has 1 fully saturated rings. The third-order valence-corrected chi connectivity index (χ3v) is 7.67. The SMILES string of the molecule is CC(C)COc1ccc(CN2Cc3ccc(F)cc3CN(C3CCN(C(=O)OCc4ccccc4)CC3F)C2)cc1. The van der Waals surface area contributed by atoms with Gasteiger partial charge in [0.15, 0.2) is 0 Å². The van der Waals surface area contributed by atoms with Gasteiger partial charge in [0.25, 0.3) is 0 Å². The minimum Gasteiger partial charge on any atom is -0.493 e. The quantitative estimate of drug-likeness (QED) is 0.318. The van der Waals surface area contributed by atoms with Crippen LogP contribution >= 0.6 is 0 Å². The van der Waals surface area contributed by atoms with Gasteiger partial charge in [-0.25, -0.2) is 13.6 Å². The topological polar surface area (TPSA) is 45.2 Å². The molecule has 3 aromatic rings. The van der Waals surface area contributed by atoms with Crippen LogP contribution in [0, 0.1) is 11.7 Å². The molecule has 6 nitrogen and oxygen atoms in total. The summed E-state index contributed by atoms with van der Waals surface area (Å²) < 4.78 is 41.2. The Kier molecular flexibility index (Phi) is 9.52. The summed E-state index contributed by atoms with van der Waals surface area (Å²) in [6, 6.07) is 22.1. The van der Waals surface area contributed by atoms with Gasteiger partial charge in [-0.15, -0.1) is 0 Å². The first-order valence-electron chi connectivity index (χ1n) is 14.4. The number of carbonyl (C=O) groups excluding carboxylic acids is 1. The van der Waals surface area contributed by atoms with E-state index in [-0.39, 0.29) is 19.0 Å². The second-order valence-corrected chi connectivity index (χ2v) is 11.5. The molecule has 1 saturated heterocycles. The van der Waals surface area contributed by atoms with Crippen molar-refractivity contribution in [3.8, 4) is 5.75 Å². The number of fused-ring (bicyclic) bond motifs is 1. The molecule has 41 heavy (non-hydrogen) atoms. The highest BCUT2D eigenvalue weighted by molar-refractivity contribution is 5.67. The van der Waals surface area contributed by atoms with Crippen molar-refractivity contribution < 1.29 is 23.0 Å². The fourth-order valence-electron chi connectivity index (χ4n) is 5.53. The van der Waals surface area contributed by atoms with Crippen LogP contribution in [0.4, 0.5) is 13.6 Å². The third-order valence-electron chi connectivity index (χ3n) is 7.67. The zero-order valence-corrected chi connectivity index (χ0v) is 23.8. The van der Waals surface area contributed by atoms with Crippen molar-refractivity contribution in [2.24, 2.45) is 5.92 Å². The molecule has 5 rings (SSSR count). The number of likely N-dealkylation sites (tertiary alicyclic amines) is 1. The van der Waals surface area contributed by atoms with E-state index < -0.39 is 18.3 Å². The van der Waals surface area contributed by atoms with E-state index in [4.69, 9.17) is 9.47 Å². The summed E-state index contributed by atoms with van der Waals surface area (Å²) in [5.41, 5.74) is 3.94. The Balaban J connectivity index is 1.25. The molecule has 8 heteroatoms. The number of nitrogens with zero attached hydrogens (tertiary/aromatic N) is 3. The number of piperidine rings is 1. The summed E-state index contributed by atoms with van der Waals surface area (Å²) in [6.07, 6.45) is -1.27. The van der Waals surface area contributed by atoms with E-state index in [1.54, 1.807) is 6.07 Å². The Morgan fingerprint density at radius 3 is 2.49 bits per heavy atom. The van der Waals surface area contributed by atoms with E-state index in [0.29, 0.717) is 51.8 Å². The van der Waals surface area contributed by atoms with Crippen LogP contribution in [0.25, 0.3) is 0 Å². The number of amides is 1. The maximum Gasteiger partial charge on any atom is 0.410 e. The lowest BCUT2D eigenvalue weighted by Gasteiger charge is -2.41. The maximum absolute atomic E-state index is 15.7. The minimum atomic E-state index is -1.25. The van der Waals surface area contributed by atoms with Crippen molar-refractivity contribution in [1.82, 2.24) is 14.7 Å². The first-order valence-corrected chi connectivity index (χ1v) is 14.4. The van der Waals surface area contributed by atoms with Crippen molar-refractivity contribution in [2.75, 3.05) is 26.4 Å². The molecule has 0 radical (unpaired) electrons. The van der Waals surface area contributed by atoms with Crippen molar-refractivity contribution in [2.45, 2.75) is 58.7 Å². The molecule has 0 bridgehead atoms. The maximum atomic E-state index is 15.7. The number of ether oxygens (including phenoxy) is 2. The molecule has 2 aliphatic rings. The highest BCUT2D eigenvalue weighted by Crippen LogP contribution is 2.28. The number of rotatable bonds is 8. The molecule has 0 aromatic heterocycles. The lowest BCUT2D eigenvalue weighted by molar-refractivity contribution is -0.00263. The Morgan fingerprint density at radius 1 is 0.976 bits per heavy atom. The molecule has 2 unspecified atom stereocenters. The highest BCUT2D eigenvalue weighted by Gasteiger charge is 2.37. The molecular weight excluding hydrogens is 524 g/mol. The Morgan fingerprint density at radius 2 is 1.76 bits per heavy atom. The minimum absolute atomic E-state index is 0.0252. The zero-order valence-electron chi connectivity index (χ0n) is 23.8. The second-order valence-electron chi connectivity index (χ2n) is 11.5. The van der Waals surface area contributed by atoms with E-state index in [1.165, 1.54) is 11.0 Å². The van der Waals surface area contributed by atoms with Crippen LogP contribution in [0.15, 0.2) is 72.8 Å². The van der Waals surface area contributed by atoms with Gasteiger partial charge >= 0.3 is 6.09 Å². The molecule has 0 N–H and O–H groups in total. The average Bonchev–Trinajstić information content (AvgIpc) is 3.14. The zero-order chi connectivity index (χ0) is 28.8. The smallest absolute Gasteiger partial charge is 0.410 e. The van der Waals surface area contributed by atoms with Crippen LogP contribution in [-0.2, 0) is 31.0 Å². The normalized spacial score (nSPS) is 20.0. The third kappa shape index (κ3) is 7.83. The van der Waals surface area contributed by atoms with Crippen molar-refractivity contribution >= 4 is 6.09 Å². The van der Waals surface area contributed by atoms with E-state index in [1.807, 2.05) is 48.5 Å². The summed E-state index contributed by atoms with van der Waals surface area (Å²) in [7, 11) is 0. The van der Waals surface area contributed by atoms with Gasteiger partial charge in [-0.2, -0.15) is 0 Å². The van der Waals surface area contributed by atoms with E-state index in [0.717, 1.165) is 28.0 Å². The predicted octanol–water partition coefficient (Wildman–Crippen LogP) is 6.39. The molecule has 0 spiro atoms. The molecule has 2 atom stereocenters. The lowest BCUT2D eigenvalue weighted by atomic mass is 10.0. The van der Waals surface area contributed by atoms with Crippen LogP contribution in [0.2, 0.25) is 0 Å². The van der Waals surface area contributed by atoms with Crippen molar-refractivity contribution in [3.63, 3.8) is 0 Å². The summed E-state index contributed by atoms with van der Waals surface area (Å²) in [6.45, 7) is 7.73. The van der Waals surface area contributed by atoms with Crippen molar-refractivity contribution in [3.05, 3.63) is 101 Å². The van der Waals surface area contributed by atoms with Gasteiger partial charge in [-0.3, -0.25) is 9.80 Å². The standard InChI is InChI=1S/C33H39F2N3O3/c1-24(2)21-40-30-12-8-25(9-13-30)17-36-18-27-10-11-29(34)16-28(27)19-38(23-36)32-14-15-37(20-31(32)35)33(39)41-22-26-6-4-3-5-7-26/h3-13,16,24,31-32H,14-15,17-23H2,1-2H3. The number of hydrogen-bond acceptors (Lipinski definition) is 5. The summed E-state index contributed by atoms with van der Waals surface area (Å²) >= 11 is 0. The largest absolute Gasteiger partial charge is 0.493 e. The lowest BCUT2D eigenvalue weighted by Crippen LogP contribution is -2.55. The number of carbonyl (C=O) groups is 1. The van der Waals surface area contributed by atoms with E-state index >= 15 is 4.39 Å². The highest BCUT2D eigenvalue weighted by atomic mass is 19.1. The summed E-state index contributed by atoms with van der Waals surface area (Å²) in [4.78, 5) is 18.5.